The molecule has 0 bridgehead atoms. The molecule has 0 spiro atoms. The highest BCUT2D eigenvalue weighted by molar-refractivity contribution is 6.30. The Morgan fingerprint density at radius 2 is 2.00 bits per heavy atom. The molecule has 0 radical (unpaired) electrons. The zero-order valence-corrected chi connectivity index (χ0v) is 13.5. The van der Waals surface area contributed by atoms with Gasteiger partial charge in [0.15, 0.2) is 0 Å². The molecule has 6 nitrogen and oxygen atoms in total. The van der Waals surface area contributed by atoms with E-state index in [0.717, 1.165) is 23.3 Å². The number of nitrogens with one attached hydrogen (secondary N) is 2. The fourth-order valence-corrected chi connectivity index (χ4v) is 2.93. The maximum Gasteiger partial charge on any atom is 0.325 e. The molecule has 2 aliphatic rings. The Morgan fingerprint density at radius 1 is 1.35 bits per heavy atom. The number of halogens is 1. The second kappa shape index (κ2) is 5.85. The van der Waals surface area contributed by atoms with Gasteiger partial charge in [-0.25, -0.2) is 4.79 Å². The van der Waals surface area contributed by atoms with Crippen molar-refractivity contribution in [2.75, 3.05) is 6.54 Å². The van der Waals surface area contributed by atoms with E-state index < -0.39 is 11.6 Å². The molecule has 4 amide bonds. The largest absolute Gasteiger partial charge is 0.350 e. The van der Waals surface area contributed by atoms with Crippen LogP contribution in [-0.4, -0.2) is 34.8 Å². The number of imide groups is 1. The van der Waals surface area contributed by atoms with Gasteiger partial charge in [0.25, 0.3) is 5.91 Å². The van der Waals surface area contributed by atoms with E-state index >= 15 is 0 Å². The van der Waals surface area contributed by atoms with Crippen molar-refractivity contribution >= 4 is 29.4 Å². The van der Waals surface area contributed by atoms with E-state index in [1.54, 1.807) is 31.2 Å². The van der Waals surface area contributed by atoms with Crippen LogP contribution in [0.5, 0.6) is 0 Å². The number of nitrogens with zero attached hydrogens (tertiary/aromatic N) is 1. The topological polar surface area (TPSA) is 78.5 Å². The molecule has 0 aromatic heterocycles. The fraction of sp³-hybridized carbons (Fsp3) is 0.438. The summed E-state index contributed by atoms with van der Waals surface area (Å²) in [5.41, 5.74) is 0.0378. The molecule has 122 valence electrons. The summed E-state index contributed by atoms with van der Waals surface area (Å²) in [7, 11) is 0. The molecule has 1 saturated carbocycles. The van der Waals surface area contributed by atoms with Crippen molar-refractivity contribution < 1.29 is 14.4 Å². The van der Waals surface area contributed by atoms with Crippen LogP contribution in [0.2, 0.25) is 5.02 Å². The van der Waals surface area contributed by atoms with Crippen molar-refractivity contribution in [2.24, 2.45) is 5.92 Å². The Kier molecular flexibility index (Phi) is 4.02. The van der Waals surface area contributed by atoms with Gasteiger partial charge in [-0.3, -0.25) is 14.5 Å². The van der Waals surface area contributed by atoms with E-state index in [-0.39, 0.29) is 24.3 Å². The van der Waals surface area contributed by atoms with Crippen LogP contribution in [0.1, 0.15) is 25.3 Å². The normalized spacial score (nSPS) is 23.8. The lowest BCUT2D eigenvalue weighted by atomic mass is 9.96. The number of carbonyl (C=O) groups excluding carboxylic acids is 3. The first kappa shape index (κ1) is 15.8. The Bertz CT molecular complexity index is 657. The van der Waals surface area contributed by atoms with Crippen molar-refractivity contribution in [3.05, 3.63) is 34.9 Å². The van der Waals surface area contributed by atoms with Gasteiger partial charge < -0.3 is 10.6 Å². The molecule has 2 N–H and O–H groups in total. The number of benzene rings is 1. The minimum atomic E-state index is -0.854. The van der Waals surface area contributed by atoms with Crippen molar-refractivity contribution in [1.29, 1.82) is 0 Å². The maximum absolute atomic E-state index is 12.4. The Hall–Kier alpha value is -2.08. The summed E-state index contributed by atoms with van der Waals surface area (Å²) in [6.07, 6.45) is 1.86. The standard InChI is InChI=1S/C16H18ClN3O3/c1-16(11-4-5-11)14(22)20(15(23)19-16)9-13(21)18-8-10-2-6-12(17)7-3-10/h2-3,6-7,11H,4-5,8-9H2,1H3,(H,18,21)(H,19,23). The fourth-order valence-electron chi connectivity index (χ4n) is 2.80. The van der Waals surface area contributed by atoms with E-state index in [4.69, 9.17) is 11.6 Å². The molecular weight excluding hydrogens is 318 g/mol. The summed E-state index contributed by atoms with van der Waals surface area (Å²) < 4.78 is 0. The second-order valence-electron chi connectivity index (χ2n) is 6.20. The monoisotopic (exact) mass is 335 g/mol. The molecule has 1 saturated heterocycles. The quantitative estimate of drug-likeness (QED) is 0.803. The van der Waals surface area contributed by atoms with Crippen molar-refractivity contribution in [1.82, 2.24) is 15.5 Å². The van der Waals surface area contributed by atoms with Crippen LogP contribution >= 0.6 is 11.6 Å². The smallest absolute Gasteiger partial charge is 0.325 e. The van der Waals surface area contributed by atoms with Gasteiger partial charge >= 0.3 is 6.03 Å². The third-order valence-corrected chi connectivity index (χ3v) is 4.65. The minimum Gasteiger partial charge on any atom is -0.350 e. The van der Waals surface area contributed by atoms with Crippen molar-refractivity contribution in [3.8, 4) is 0 Å². The summed E-state index contributed by atoms with van der Waals surface area (Å²) >= 11 is 5.80. The predicted octanol–water partition coefficient (Wildman–Crippen LogP) is 1.68. The minimum absolute atomic E-state index is 0.182. The summed E-state index contributed by atoms with van der Waals surface area (Å²) in [5.74, 6) is -0.504. The zero-order valence-electron chi connectivity index (χ0n) is 12.8. The van der Waals surface area contributed by atoms with Gasteiger partial charge in [-0.2, -0.15) is 0 Å². The van der Waals surface area contributed by atoms with E-state index in [0.29, 0.717) is 11.6 Å². The highest BCUT2D eigenvalue weighted by Crippen LogP contribution is 2.42. The van der Waals surface area contributed by atoms with Gasteiger partial charge in [-0.1, -0.05) is 23.7 Å². The highest BCUT2D eigenvalue weighted by Gasteiger charge is 2.56. The Balaban J connectivity index is 1.56. The summed E-state index contributed by atoms with van der Waals surface area (Å²) in [6, 6.07) is 6.59. The van der Waals surface area contributed by atoms with Crippen LogP contribution in [0.4, 0.5) is 4.79 Å². The van der Waals surface area contributed by atoms with Crippen molar-refractivity contribution in [3.63, 3.8) is 0 Å². The maximum atomic E-state index is 12.4. The second-order valence-corrected chi connectivity index (χ2v) is 6.64. The van der Waals surface area contributed by atoms with Gasteiger partial charge in [0.05, 0.1) is 0 Å². The van der Waals surface area contributed by atoms with Crippen LogP contribution in [0.25, 0.3) is 0 Å². The van der Waals surface area contributed by atoms with E-state index in [9.17, 15) is 14.4 Å². The number of rotatable bonds is 5. The summed E-state index contributed by atoms with van der Waals surface area (Å²) in [5, 5.41) is 6.05. The molecule has 3 rings (SSSR count). The van der Waals surface area contributed by atoms with Gasteiger partial charge in [-0.05, 0) is 43.4 Å². The highest BCUT2D eigenvalue weighted by atomic mass is 35.5. The van der Waals surface area contributed by atoms with Crippen LogP contribution in [-0.2, 0) is 16.1 Å². The Morgan fingerprint density at radius 3 is 2.61 bits per heavy atom. The van der Waals surface area contributed by atoms with E-state index in [2.05, 4.69) is 10.6 Å². The molecule has 1 aromatic carbocycles. The lowest BCUT2D eigenvalue weighted by Gasteiger charge is -2.20. The molecule has 1 atom stereocenters. The first-order valence-electron chi connectivity index (χ1n) is 7.55. The molecular formula is C16H18ClN3O3. The average molecular weight is 336 g/mol. The average Bonchev–Trinajstić information content (AvgIpc) is 3.33. The number of hydrogen-bond donors (Lipinski definition) is 2. The van der Waals surface area contributed by atoms with E-state index in [1.165, 1.54) is 0 Å². The molecule has 7 heteroatoms. The zero-order chi connectivity index (χ0) is 16.6. The van der Waals surface area contributed by atoms with Crippen LogP contribution in [0.3, 0.4) is 0 Å². The van der Waals surface area contributed by atoms with Gasteiger partial charge in [0.1, 0.15) is 12.1 Å². The number of amides is 4. The molecule has 1 unspecified atom stereocenters. The molecule has 1 heterocycles. The number of hydrogen-bond acceptors (Lipinski definition) is 3. The van der Waals surface area contributed by atoms with Gasteiger partial charge in [0.2, 0.25) is 5.91 Å². The number of carbonyl (C=O) groups is 3. The Labute approximate surface area is 139 Å². The van der Waals surface area contributed by atoms with Crippen LogP contribution in [0.15, 0.2) is 24.3 Å². The molecule has 23 heavy (non-hydrogen) atoms. The van der Waals surface area contributed by atoms with E-state index in [1.807, 2.05) is 0 Å². The van der Waals surface area contributed by atoms with Crippen LogP contribution < -0.4 is 10.6 Å². The molecule has 1 aliphatic carbocycles. The SMILES string of the molecule is CC1(C2CC2)NC(=O)N(CC(=O)NCc2ccc(Cl)cc2)C1=O. The van der Waals surface area contributed by atoms with Gasteiger partial charge in [-0.15, -0.1) is 0 Å². The predicted molar refractivity (Wildman–Crippen MR) is 84.7 cm³/mol. The number of urea groups is 1. The lowest BCUT2D eigenvalue weighted by molar-refractivity contribution is -0.135. The molecule has 2 fully saturated rings. The molecule has 1 aromatic rings. The third-order valence-electron chi connectivity index (χ3n) is 4.40. The molecule has 1 aliphatic heterocycles. The third kappa shape index (κ3) is 3.17. The lowest BCUT2D eigenvalue weighted by Crippen LogP contribution is -2.46. The van der Waals surface area contributed by atoms with Crippen molar-refractivity contribution in [2.45, 2.75) is 31.8 Å². The first-order chi connectivity index (χ1) is 10.9. The van der Waals surface area contributed by atoms with Crippen LogP contribution in [0, 0.1) is 5.92 Å². The van der Waals surface area contributed by atoms with Gasteiger partial charge in [0, 0.05) is 11.6 Å². The first-order valence-corrected chi connectivity index (χ1v) is 7.93. The summed E-state index contributed by atoms with van der Waals surface area (Å²) in [4.78, 5) is 37.4. The summed E-state index contributed by atoms with van der Waals surface area (Å²) in [6.45, 7) is 1.79.